The smallest absolute Gasteiger partial charge is 0.320 e. The molecule has 3 rings (SSSR count). The van der Waals surface area contributed by atoms with Gasteiger partial charge in [0.15, 0.2) is 0 Å². The first-order valence-electron chi connectivity index (χ1n) is 8.24. The van der Waals surface area contributed by atoms with E-state index in [2.05, 4.69) is 15.9 Å². The maximum atomic E-state index is 12.6. The first-order chi connectivity index (χ1) is 11.2. The molecule has 0 bridgehead atoms. The Hall–Kier alpha value is -1.56. The average molecular weight is 380 g/mol. The number of hydrogen-bond donors (Lipinski definition) is 0. The maximum Gasteiger partial charge on any atom is 0.320 e. The Labute approximate surface area is 145 Å². The summed E-state index contributed by atoms with van der Waals surface area (Å²) in [6, 6.07) is 7.61. The molecule has 0 atom stereocenters. The van der Waals surface area contributed by atoms with Crippen molar-refractivity contribution in [2.24, 2.45) is 0 Å². The van der Waals surface area contributed by atoms with Crippen LogP contribution in [0.1, 0.15) is 29.6 Å². The minimum absolute atomic E-state index is 0.0301. The molecular weight excluding hydrogens is 358 g/mol. The minimum atomic E-state index is 0.0301. The molecule has 0 saturated carbocycles. The number of benzene rings is 1. The van der Waals surface area contributed by atoms with Gasteiger partial charge >= 0.3 is 6.03 Å². The van der Waals surface area contributed by atoms with Crippen LogP contribution in [0.15, 0.2) is 28.7 Å². The summed E-state index contributed by atoms with van der Waals surface area (Å²) in [6.07, 6.45) is 3.43. The predicted octanol–water partition coefficient (Wildman–Crippen LogP) is 2.81. The average Bonchev–Trinajstić information content (AvgIpc) is 2.62. The van der Waals surface area contributed by atoms with E-state index in [0.29, 0.717) is 31.7 Å². The van der Waals surface area contributed by atoms with Crippen LogP contribution in [0.2, 0.25) is 0 Å². The van der Waals surface area contributed by atoms with Crippen molar-refractivity contribution in [3.8, 4) is 0 Å². The molecule has 6 heteroatoms. The summed E-state index contributed by atoms with van der Waals surface area (Å²) in [6.45, 7) is 4.17. The number of urea groups is 1. The second kappa shape index (κ2) is 7.34. The summed E-state index contributed by atoms with van der Waals surface area (Å²) in [7, 11) is 0. The highest BCUT2D eigenvalue weighted by Crippen LogP contribution is 2.19. The zero-order valence-corrected chi connectivity index (χ0v) is 14.8. The summed E-state index contributed by atoms with van der Waals surface area (Å²) in [5, 5.41) is 0. The number of halogens is 1. The topological polar surface area (TPSA) is 43.9 Å². The first-order valence-corrected chi connectivity index (χ1v) is 9.04. The summed E-state index contributed by atoms with van der Waals surface area (Å²) in [5.74, 6) is 0.0301. The Kier molecular flexibility index (Phi) is 5.20. The van der Waals surface area contributed by atoms with Crippen molar-refractivity contribution in [2.75, 3.05) is 39.3 Å². The van der Waals surface area contributed by atoms with Crippen molar-refractivity contribution in [3.63, 3.8) is 0 Å². The molecule has 1 aromatic carbocycles. The lowest BCUT2D eigenvalue weighted by Gasteiger charge is -2.38. The minimum Gasteiger partial charge on any atom is -0.335 e. The van der Waals surface area contributed by atoms with Gasteiger partial charge in [-0.1, -0.05) is 12.1 Å². The van der Waals surface area contributed by atoms with Crippen LogP contribution in [0.4, 0.5) is 4.79 Å². The third kappa shape index (κ3) is 3.68. The van der Waals surface area contributed by atoms with E-state index < -0.39 is 0 Å². The maximum absolute atomic E-state index is 12.6. The summed E-state index contributed by atoms with van der Waals surface area (Å²) in [5.41, 5.74) is 0.684. The molecular formula is C17H22BrN3O2. The van der Waals surface area contributed by atoms with E-state index in [1.165, 1.54) is 6.42 Å². The molecule has 0 spiro atoms. The molecule has 3 amide bonds. The van der Waals surface area contributed by atoms with Gasteiger partial charge in [-0.25, -0.2) is 4.79 Å². The van der Waals surface area contributed by atoms with E-state index >= 15 is 0 Å². The number of rotatable bonds is 1. The zero-order valence-electron chi connectivity index (χ0n) is 13.2. The Balaban J connectivity index is 1.57. The van der Waals surface area contributed by atoms with E-state index in [-0.39, 0.29) is 11.9 Å². The van der Waals surface area contributed by atoms with Crippen molar-refractivity contribution in [1.82, 2.24) is 14.7 Å². The number of carbonyl (C=O) groups is 2. The normalized spacial score (nSPS) is 18.9. The fourth-order valence-corrected chi connectivity index (χ4v) is 3.65. The number of carbonyl (C=O) groups excluding carboxylic acids is 2. The molecule has 2 saturated heterocycles. The van der Waals surface area contributed by atoms with E-state index in [9.17, 15) is 9.59 Å². The molecule has 0 N–H and O–H groups in total. The Morgan fingerprint density at radius 1 is 0.783 bits per heavy atom. The van der Waals surface area contributed by atoms with Crippen molar-refractivity contribution >= 4 is 27.9 Å². The number of piperazine rings is 1. The number of hydrogen-bond acceptors (Lipinski definition) is 2. The molecule has 2 aliphatic rings. The molecule has 0 aromatic heterocycles. The van der Waals surface area contributed by atoms with Crippen LogP contribution in [0.3, 0.4) is 0 Å². The van der Waals surface area contributed by atoms with Gasteiger partial charge in [-0.2, -0.15) is 0 Å². The number of amides is 3. The third-order valence-corrected chi connectivity index (χ3v) is 5.26. The monoisotopic (exact) mass is 379 g/mol. The van der Waals surface area contributed by atoms with Gasteiger partial charge < -0.3 is 14.7 Å². The van der Waals surface area contributed by atoms with Gasteiger partial charge in [0.05, 0.1) is 5.56 Å². The molecule has 0 radical (unpaired) electrons. The zero-order chi connectivity index (χ0) is 16.2. The fourth-order valence-electron chi connectivity index (χ4n) is 3.19. The molecule has 1 aromatic rings. The Bertz CT molecular complexity index is 579. The number of nitrogens with zero attached hydrogens (tertiary/aromatic N) is 3. The van der Waals surface area contributed by atoms with Crippen LogP contribution < -0.4 is 0 Å². The Morgan fingerprint density at radius 2 is 1.35 bits per heavy atom. The van der Waals surface area contributed by atoms with Gasteiger partial charge in [-0.05, 0) is 47.3 Å². The lowest BCUT2D eigenvalue weighted by Crippen LogP contribution is -2.54. The molecule has 0 aliphatic carbocycles. The van der Waals surface area contributed by atoms with Gasteiger partial charge in [0, 0.05) is 43.7 Å². The van der Waals surface area contributed by atoms with Crippen LogP contribution in [-0.4, -0.2) is 65.9 Å². The van der Waals surface area contributed by atoms with E-state index in [1.54, 1.807) is 0 Å². The van der Waals surface area contributed by atoms with Gasteiger partial charge in [0.25, 0.3) is 5.91 Å². The highest BCUT2D eigenvalue weighted by Gasteiger charge is 2.28. The molecule has 0 unspecified atom stereocenters. The Morgan fingerprint density at radius 3 is 2.00 bits per heavy atom. The predicted molar refractivity (Wildman–Crippen MR) is 92.4 cm³/mol. The second-order valence-corrected chi connectivity index (χ2v) is 6.94. The number of likely N-dealkylation sites (tertiary alicyclic amines) is 1. The van der Waals surface area contributed by atoms with Crippen molar-refractivity contribution in [3.05, 3.63) is 34.3 Å². The van der Waals surface area contributed by atoms with Crippen LogP contribution in [0, 0.1) is 0 Å². The van der Waals surface area contributed by atoms with Gasteiger partial charge in [-0.3, -0.25) is 4.79 Å². The molecule has 2 heterocycles. The lowest BCUT2D eigenvalue weighted by molar-refractivity contribution is 0.0632. The van der Waals surface area contributed by atoms with Crippen LogP contribution in [-0.2, 0) is 0 Å². The summed E-state index contributed by atoms with van der Waals surface area (Å²) in [4.78, 5) is 30.7. The highest BCUT2D eigenvalue weighted by molar-refractivity contribution is 9.10. The van der Waals surface area contributed by atoms with Gasteiger partial charge in [0.2, 0.25) is 0 Å². The van der Waals surface area contributed by atoms with E-state index in [4.69, 9.17) is 0 Å². The summed E-state index contributed by atoms with van der Waals surface area (Å²) < 4.78 is 0.817. The fraction of sp³-hybridized carbons (Fsp3) is 0.529. The first kappa shape index (κ1) is 16.3. The number of piperidine rings is 1. The van der Waals surface area contributed by atoms with E-state index in [0.717, 1.165) is 30.4 Å². The van der Waals surface area contributed by atoms with Gasteiger partial charge in [-0.15, -0.1) is 0 Å². The quantitative estimate of drug-likeness (QED) is 0.752. The van der Waals surface area contributed by atoms with E-state index in [1.807, 2.05) is 39.0 Å². The van der Waals surface area contributed by atoms with Gasteiger partial charge in [0.1, 0.15) is 0 Å². The molecule has 5 nitrogen and oxygen atoms in total. The largest absolute Gasteiger partial charge is 0.335 e. The van der Waals surface area contributed by atoms with Crippen LogP contribution in [0.5, 0.6) is 0 Å². The third-order valence-electron chi connectivity index (χ3n) is 4.57. The molecule has 2 fully saturated rings. The van der Waals surface area contributed by atoms with Crippen LogP contribution >= 0.6 is 15.9 Å². The molecule has 124 valence electrons. The summed E-state index contributed by atoms with van der Waals surface area (Å²) >= 11 is 3.43. The highest BCUT2D eigenvalue weighted by atomic mass is 79.9. The standard InChI is InChI=1S/C17H22BrN3O2/c18-15-7-3-2-6-14(15)16(22)19-10-12-21(13-11-19)17(23)20-8-4-1-5-9-20/h2-3,6-7H,1,4-5,8-13H2. The molecule has 2 aliphatic heterocycles. The van der Waals surface area contributed by atoms with Crippen molar-refractivity contribution in [2.45, 2.75) is 19.3 Å². The SMILES string of the molecule is O=C(c1ccccc1Br)N1CCN(C(=O)N2CCCCC2)CC1. The lowest BCUT2D eigenvalue weighted by atomic mass is 10.1. The second-order valence-electron chi connectivity index (χ2n) is 6.09. The molecule has 23 heavy (non-hydrogen) atoms. The van der Waals surface area contributed by atoms with Crippen molar-refractivity contribution in [1.29, 1.82) is 0 Å². The van der Waals surface area contributed by atoms with Crippen LogP contribution in [0.25, 0.3) is 0 Å². The van der Waals surface area contributed by atoms with Crippen molar-refractivity contribution < 1.29 is 9.59 Å².